The molecule has 0 fully saturated rings. The second-order valence-corrected chi connectivity index (χ2v) is 9.24. The van der Waals surface area contributed by atoms with Crippen LogP contribution in [-0.2, 0) is 35.1 Å². The van der Waals surface area contributed by atoms with E-state index < -0.39 is 5.97 Å². The molecule has 43 heavy (non-hydrogen) atoms. The van der Waals surface area contributed by atoms with Gasteiger partial charge in [0, 0.05) is 57.3 Å². The number of carbonyl (C=O) groups is 4. The Morgan fingerprint density at radius 2 is 1.33 bits per heavy atom. The average molecular weight is 599 g/mol. The van der Waals surface area contributed by atoms with Crippen molar-refractivity contribution in [1.82, 2.24) is 16.0 Å². The van der Waals surface area contributed by atoms with Crippen molar-refractivity contribution in [2.45, 2.75) is 32.2 Å². The monoisotopic (exact) mass is 598 g/mol. The molecule has 13 nitrogen and oxygen atoms in total. The molecule has 0 saturated carbocycles. The number of nitrogens with one attached hydrogen (secondary N) is 3. The Morgan fingerprint density at radius 3 is 1.93 bits per heavy atom. The van der Waals surface area contributed by atoms with Crippen LogP contribution < -0.4 is 16.0 Å². The molecule has 13 heteroatoms. The molecule has 0 aliphatic heterocycles. The zero-order valence-corrected chi connectivity index (χ0v) is 24.5. The molecule has 0 saturated heterocycles. The van der Waals surface area contributed by atoms with Gasteiger partial charge in [0.25, 0.3) is 5.91 Å². The molecule has 0 aliphatic carbocycles. The number of amides is 3. The van der Waals surface area contributed by atoms with E-state index in [1.54, 1.807) is 0 Å². The summed E-state index contributed by atoms with van der Waals surface area (Å²) in [5.74, 6) is -1.36. The molecule has 2 aromatic carbocycles. The zero-order chi connectivity index (χ0) is 31.1. The molecule has 0 spiro atoms. The van der Waals surface area contributed by atoms with E-state index in [-0.39, 0.29) is 47.4 Å². The zero-order valence-electron chi connectivity index (χ0n) is 24.5. The van der Waals surface area contributed by atoms with E-state index in [0.717, 1.165) is 5.56 Å². The van der Waals surface area contributed by atoms with Crippen molar-refractivity contribution in [3.8, 4) is 0 Å². The van der Waals surface area contributed by atoms with E-state index in [1.165, 1.54) is 25.3 Å². The summed E-state index contributed by atoms with van der Waals surface area (Å²) in [5.41, 5.74) is 1.26. The highest BCUT2D eigenvalue weighted by molar-refractivity contribution is 6.00. The maximum absolute atomic E-state index is 12.3. The third kappa shape index (κ3) is 14.9. The maximum Gasteiger partial charge on any atom is 0.400 e. The quantitative estimate of drug-likeness (QED) is 0.111. The molecule has 0 atom stereocenters. The first-order valence-electron chi connectivity index (χ1n) is 14.1. The molecule has 2 rings (SSSR count). The molecular weight excluding hydrogens is 558 g/mol. The van der Waals surface area contributed by atoms with Crippen molar-refractivity contribution in [3.63, 3.8) is 0 Å². The molecular formula is C30H40N5O8+. The number of methoxy groups -OCH3 is 1. The lowest BCUT2D eigenvalue weighted by Gasteiger charge is -2.08. The fraction of sp³-hybridized carbons (Fsp3) is 0.467. The van der Waals surface area contributed by atoms with Crippen LogP contribution in [0.25, 0.3) is 4.98 Å². The minimum Gasteiger partial charge on any atom is -0.465 e. The second kappa shape index (κ2) is 21.3. The highest BCUT2D eigenvalue weighted by Crippen LogP contribution is 2.22. The molecule has 3 amide bonds. The number of rotatable bonds is 21. The van der Waals surface area contributed by atoms with E-state index in [0.29, 0.717) is 72.1 Å². The number of esters is 1. The van der Waals surface area contributed by atoms with Crippen LogP contribution in [0.2, 0.25) is 0 Å². The van der Waals surface area contributed by atoms with Crippen molar-refractivity contribution in [3.05, 3.63) is 70.2 Å². The molecule has 0 aromatic heterocycles. The number of diazo groups is 1. The number of hydrogen-bond donors (Lipinski definition) is 3. The summed E-state index contributed by atoms with van der Waals surface area (Å²) in [6, 6.07) is 13.7. The predicted octanol–water partition coefficient (Wildman–Crippen LogP) is 2.73. The topological polar surface area (TPSA) is 169 Å². The van der Waals surface area contributed by atoms with Gasteiger partial charge in [0.1, 0.15) is 0 Å². The Hall–Kier alpha value is -4.38. The van der Waals surface area contributed by atoms with Gasteiger partial charge in [-0.2, -0.15) is 0 Å². The SMILES string of the molecule is COC(=O)c1ccc(C(=O)NCCCOCCOCCOCCCNC(=O)CCC(=O)NCc2ccccc2)cc1[N+]#N. The van der Waals surface area contributed by atoms with Crippen LogP contribution >= 0.6 is 0 Å². The number of ether oxygens (including phenoxy) is 4. The summed E-state index contributed by atoms with van der Waals surface area (Å²) in [4.78, 5) is 50.7. The van der Waals surface area contributed by atoms with Gasteiger partial charge in [-0.3, -0.25) is 14.4 Å². The van der Waals surface area contributed by atoms with Crippen molar-refractivity contribution in [2.75, 3.05) is 59.8 Å². The summed E-state index contributed by atoms with van der Waals surface area (Å²) in [7, 11) is 1.21. The molecule has 0 radical (unpaired) electrons. The van der Waals surface area contributed by atoms with Crippen LogP contribution in [0.4, 0.5) is 5.69 Å². The lowest BCUT2D eigenvalue weighted by atomic mass is 10.1. The van der Waals surface area contributed by atoms with Crippen molar-refractivity contribution >= 4 is 29.4 Å². The van der Waals surface area contributed by atoms with E-state index >= 15 is 0 Å². The summed E-state index contributed by atoms with van der Waals surface area (Å²) < 4.78 is 21.0. The highest BCUT2D eigenvalue weighted by atomic mass is 16.5. The fourth-order valence-electron chi connectivity index (χ4n) is 3.66. The van der Waals surface area contributed by atoms with Crippen LogP contribution in [0.1, 0.15) is 52.0 Å². The molecule has 0 unspecified atom stereocenters. The maximum atomic E-state index is 12.3. The number of hydrogen-bond acceptors (Lipinski definition) is 9. The smallest absolute Gasteiger partial charge is 0.400 e. The number of carbonyl (C=O) groups excluding carboxylic acids is 4. The van der Waals surface area contributed by atoms with Gasteiger partial charge < -0.3 is 34.9 Å². The van der Waals surface area contributed by atoms with Gasteiger partial charge in [0.15, 0.2) is 10.5 Å². The van der Waals surface area contributed by atoms with Crippen LogP contribution in [0, 0.1) is 5.39 Å². The van der Waals surface area contributed by atoms with Crippen molar-refractivity contribution < 1.29 is 38.1 Å². The van der Waals surface area contributed by atoms with Gasteiger partial charge in [-0.15, -0.1) is 0 Å². The summed E-state index contributed by atoms with van der Waals surface area (Å²) in [6.45, 7) is 3.86. The summed E-state index contributed by atoms with van der Waals surface area (Å²) in [6.07, 6.45) is 1.53. The van der Waals surface area contributed by atoms with E-state index in [4.69, 9.17) is 19.6 Å². The molecule has 0 aliphatic rings. The Balaban J connectivity index is 1.36. The lowest BCUT2D eigenvalue weighted by molar-refractivity contribution is -0.126. The van der Waals surface area contributed by atoms with Crippen LogP contribution in [0.3, 0.4) is 0 Å². The normalized spacial score (nSPS) is 10.4. The molecule has 3 N–H and O–H groups in total. The number of nitrogens with zero attached hydrogens (tertiary/aromatic N) is 2. The summed E-state index contributed by atoms with van der Waals surface area (Å²) >= 11 is 0. The van der Waals surface area contributed by atoms with Gasteiger partial charge in [0.2, 0.25) is 17.2 Å². The van der Waals surface area contributed by atoms with Gasteiger partial charge in [-0.05, 0) is 30.5 Å². The average Bonchev–Trinajstić information content (AvgIpc) is 3.04. The Kier molecular flexibility index (Phi) is 17.3. The first kappa shape index (κ1) is 34.8. The highest BCUT2D eigenvalue weighted by Gasteiger charge is 2.23. The number of benzene rings is 2. The van der Waals surface area contributed by atoms with E-state index in [1.807, 2.05) is 30.3 Å². The van der Waals surface area contributed by atoms with Crippen LogP contribution in [0.15, 0.2) is 48.5 Å². The lowest BCUT2D eigenvalue weighted by Crippen LogP contribution is -2.28. The molecule has 0 bridgehead atoms. The third-order valence-electron chi connectivity index (χ3n) is 5.97. The van der Waals surface area contributed by atoms with Gasteiger partial charge in [0.05, 0.1) is 33.5 Å². The van der Waals surface area contributed by atoms with E-state index in [9.17, 15) is 19.2 Å². The van der Waals surface area contributed by atoms with Crippen molar-refractivity contribution in [1.29, 1.82) is 5.39 Å². The largest absolute Gasteiger partial charge is 0.465 e. The minimum atomic E-state index is -0.665. The summed E-state index contributed by atoms with van der Waals surface area (Å²) in [5, 5.41) is 17.4. The second-order valence-electron chi connectivity index (χ2n) is 9.24. The predicted molar refractivity (Wildman–Crippen MR) is 157 cm³/mol. The Bertz CT molecular complexity index is 1200. The Morgan fingerprint density at radius 1 is 0.744 bits per heavy atom. The molecule has 2 aromatic rings. The Labute approximate surface area is 251 Å². The van der Waals surface area contributed by atoms with Gasteiger partial charge in [-0.25, -0.2) is 4.79 Å². The van der Waals surface area contributed by atoms with Crippen LogP contribution in [0.5, 0.6) is 0 Å². The van der Waals surface area contributed by atoms with Gasteiger partial charge in [-0.1, -0.05) is 30.3 Å². The van der Waals surface area contributed by atoms with E-state index in [2.05, 4.69) is 25.7 Å². The van der Waals surface area contributed by atoms with Gasteiger partial charge >= 0.3 is 11.7 Å². The third-order valence-corrected chi connectivity index (χ3v) is 5.97. The minimum absolute atomic E-state index is 0.0498. The van der Waals surface area contributed by atoms with Crippen molar-refractivity contribution in [2.24, 2.45) is 0 Å². The van der Waals surface area contributed by atoms with Crippen LogP contribution in [-0.4, -0.2) is 83.5 Å². The fourth-order valence-corrected chi connectivity index (χ4v) is 3.66. The molecule has 232 valence electrons. The molecule has 0 heterocycles. The first-order chi connectivity index (χ1) is 20.9. The standard InChI is InChI=1S/C30H39N5O8/c1-40-30(39)25-10-9-24(21-26(25)35-31)29(38)33-14-6-16-42-18-20-43-19-17-41-15-5-13-32-27(36)11-12-28(37)34-22-23-7-3-2-4-8-23/h2-4,7-10,21H,5-6,11-20,22H2,1H3,(H2-,32,33,34,36,37,38)/p+1. The first-order valence-corrected chi connectivity index (χ1v) is 14.1.